The maximum absolute atomic E-state index is 5.75. The Labute approximate surface area is 127 Å². The van der Waals surface area contributed by atoms with E-state index in [1.165, 1.54) is 3.57 Å². The molecule has 0 radical (unpaired) electrons. The first kappa shape index (κ1) is 14.3. The number of rotatable bonds is 5. The maximum atomic E-state index is 5.75. The monoisotopic (exact) mass is 368 g/mol. The van der Waals surface area contributed by atoms with E-state index in [0.29, 0.717) is 6.04 Å². The number of nitrogens with zero attached hydrogens (tertiary/aromatic N) is 1. The van der Waals surface area contributed by atoms with Crippen molar-refractivity contribution in [2.75, 3.05) is 7.05 Å². The van der Waals surface area contributed by atoms with Gasteiger partial charge in [-0.05, 0) is 72.5 Å². The Kier molecular flexibility index (Phi) is 5.15. The Morgan fingerprint density at radius 2 is 1.84 bits per heavy atom. The van der Waals surface area contributed by atoms with Crippen molar-refractivity contribution < 1.29 is 4.74 Å². The molecule has 0 amide bonds. The van der Waals surface area contributed by atoms with E-state index in [0.717, 1.165) is 23.6 Å². The van der Waals surface area contributed by atoms with Crippen LogP contribution in [0.2, 0.25) is 0 Å². The van der Waals surface area contributed by atoms with Gasteiger partial charge in [-0.15, -0.1) is 0 Å². The molecule has 0 spiro atoms. The second-order valence-corrected chi connectivity index (χ2v) is 5.47. The van der Waals surface area contributed by atoms with Gasteiger partial charge in [-0.25, -0.2) is 0 Å². The second-order valence-electron chi connectivity index (χ2n) is 4.22. The van der Waals surface area contributed by atoms with E-state index in [1.807, 2.05) is 43.4 Å². The summed E-state index contributed by atoms with van der Waals surface area (Å²) in [4.78, 5) is 4.45. The van der Waals surface area contributed by atoms with Gasteiger partial charge in [-0.3, -0.25) is 4.98 Å². The molecule has 4 heteroatoms. The van der Waals surface area contributed by atoms with Crippen molar-refractivity contribution in [3.8, 4) is 11.5 Å². The minimum Gasteiger partial charge on any atom is -0.456 e. The molecule has 0 bridgehead atoms. The predicted molar refractivity (Wildman–Crippen MR) is 85.6 cm³/mol. The van der Waals surface area contributed by atoms with Gasteiger partial charge in [0, 0.05) is 9.61 Å². The molecule has 1 atom stereocenters. The van der Waals surface area contributed by atoms with E-state index >= 15 is 0 Å². The molecule has 19 heavy (non-hydrogen) atoms. The summed E-state index contributed by atoms with van der Waals surface area (Å²) in [5.41, 5.74) is 1.04. The number of hydrogen-bond acceptors (Lipinski definition) is 3. The van der Waals surface area contributed by atoms with Crippen molar-refractivity contribution >= 4 is 22.6 Å². The summed E-state index contributed by atoms with van der Waals surface area (Å²) in [6.07, 6.45) is 2.79. The van der Waals surface area contributed by atoms with E-state index in [1.54, 1.807) is 6.20 Å². The maximum Gasteiger partial charge on any atom is 0.145 e. The van der Waals surface area contributed by atoms with Crippen LogP contribution >= 0.6 is 22.6 Å². The molecule has 0 fully saturated rings. The Morgan fingerprint density at radius 1 is 1.16 bits per heavy atom. The summed E-state index contributed by atoms with van der Waals surface area (Å²) in [6, 6.07) is 12.2. The summed E-state index contributed by atoms with van der Waals surface area (Å²) in [6.45, 7) is 2.14. The van der Waals surface area contributed by atoms with E-state index in [-0.39, 0.29) is 0 Å². The molecule has 0 aliphatic carbocycles. The fourth-order valence-electron chi connectivity index (χ4n) is 1.86. The fourth-order valence-corrected chi connectivity index (χ4v) is 2.22. The van der Waals surface area contributed by atoms with Crippen LogP contribution in [0, 0.1) is 3.57 Å². The third-order valence-corrected chi connectivity index (χ3v) is 3.64. The molecule has 0 aliphatic heterocycles. The SMILES string of the molecule is CCC(NC)c1ccc(Oc2ccc(I)cc2)cn1. The minimum absolute atomic E-state index is 0.298. The van der Waals surface area contributed by atoms with Gasteiger partial charge in [0.2, 0.25) is 0 Å². The molecule has 2 rings (SSSR count). The van der Waals surface area contributed by atoms with Gasteiger partial charge >= 0.3 is 0 Å². The van der Waals surface area contributed by atoms with Crippen LogP contribution in [0.1, 0.15) is 25.1 Å². The van der Waals surface area contributed by atoms with E-state index in [4.69, 9.17) is 4.74 Å². The van der Waals surface area contributed by atoms with Gasteiger partial charge in [0.1, 0.15) is 11.5 Å². The Bertz CT molecular complexity index is 507. The third kappa shape index (κ3) is 3.91. The van der Waals surface area contributed by atoms with Crippen molar-refractivity contribution in [3.63, 3.8) is 0 Å². The highest BCUT2D eigenvalue weighted by molar-refractivity contribution is 14.1. The quantitative estimate of drug-likeness (QED) is 0.806. The molecule has 1 aromatic heterocycles. The number of hydrogen-bond donors (Lipinski definition) is 1. The van der Waals surface area contributed by atoms with Crippen LogP contribution < -0.4 is 10.1 Å². The highest BCUT2D eigenvalue weighted by atomic mass is 127. The van der Waals surface area contributed by atoms with Crippen molar-refractivity contribution in [1.29, 1.82) is 0 Å². The van der Waals surface area contributed by atoms with E-state index in [9.17, 15) is 0 Å². The predicted octanol–water partition coefficient (Wildman–Crippen LogP) is 4.15. The summed E-state index contributed by atoms with van der Waals surface area (Å²) in [5, 5.41) is 3.24. The van der Waals surface area contributed by atoms with Gasteiger partial charge < -0.3 is 10.1 Å². The van der Waals surface area contributed by atoms with Crippen molar-refractivity contribution in [1.82, 2.24) is 10.3 Å². The molecule has 3 nitrogen and oxygen atoms in total. The first-order valence-electron chi connectivity index (χ1n) is 6.29. The normalized spacial score (nSPS) is 12.2. The van der Waals surface area contributed by atoms with Crippen LogP contribution in [-0.4, -0.2) is 12.0 Å². The molecule has 2 aromatic rings. The summed E-state index contributed by atoms with van der Waals surface area (Å²) in [5.74, 6) is 1.59. The van der Waals surface area contributed by atoms with Crippen LogP contribution in [0.5, 0.6) is 11.5 Å². The van der Waals surface area contributed by atoms with E-state index in [2.05, 4.69) is 39.8 Å². The second kappa shape index (κ2) is 6.86. The Hall–Kier alpha value is -1.14. The average Bonchev–Trinajstić information content (AvgIpc) is 2.44. The average molecular weight is 368 g/mol. The lowest BCUT2D eigenvalue weighted by atomic mass is 10.1. The minimum atomic E-state index is 0.298. The Morgan fingerprint density at radius 3 is 2.37 bits per heavy atom. The number of benzene rings is 1. The zero-order valence-corrected chi connectivity index (χ0v) is 13.2. The zero-order valence-electron chi connectivity index (χ0n) is 11.1. The number of halogens is 1. The van der Waals surface area contributed by atoms with Crippen molar-refractivity contribution in [2.24, 2.45) is 0 Å². The van der Waals surface area contributed by atoms with Gasteiger partial charge in [0.15, 0.2) is 0 Å². The number of pyridine rings is 1. The van der Waals surface area contributed by atoms with Crippen LogP contribution in [0.3, 0.4) is 0 Å². The summed E-state index contributed by atoms with van der Waals surface area (Å²) in [7, 11) is 1.95. The summed E-state index contributed by atoms with van der Waals surface area (Å²) >= 11 is 2.27. The molecule has 1 N–H and O–H groups in total. The highest BCUT2D eigenvalue weighted by Gasteiger charge is 2.07. The van der Waals surface area contributed by atoms with Gasteiger partial charge in [-0.2, -0.15) is 0 Å². The first-order chi connectivity index (χ1) is 9.22. The zero-order chi connectivity index (χ0) is 13.7. The molecular formula is C15H17IN2O. The smallest absolute Gasteiger partial charge is 0.145 e. The van der Waals surface area contributed by atoms with Gasteiger partial charge in [0.05, 0.1) is 11.9 Å². The van der Waals surface area contributed by atoms with Crippen LogP contribution in [0.15, 0.2) is 42.6 Å². The number of aromatic nitrogens is 1. The van der Waals surface area contributed by atoms with Crippen molar-refractivity contribution in [3.05, 3.63) is 51.9 Å². The van der Waals surface area contributed by atoms with Crippen LogP contribution in [0.25, 0.3) is 0 Å². The lowest BCUT2D eigenvalue weighted by Crippen LogP contribution is -2.16. The lowest BCUT2D eigenvalue weighted by molar-refractivity contribution is 0.477. The standard InChI is InChI=1S/C15H17IN2O/c1-3-14(17-2)15-9-8-13(10-18-15)19-12-6-4-11(16)5-7-12/h4-10,14,17H,3H2,1-2H3. The first-order valence-corrected chi connectivity index (χ1v) is 7.37. The third-order valence-electron chi connectivity index (χ3n) is 2.92. The number of nitrogens with one attached hydrogen (secondary N) is 1. The molecule has 100 valence electrons. The molecular weight excluding hydrogens is 351 g/mol. The lowest BCUT2D eigenvalue weighted by Gasteiger charge is -2.13. The fraction of sp³-hybridized carbons (Fsp3) is 0.267. The molecule has 1 aromatic carbocycles. The van der Waals surface area contributed by atoms with E-state index < -0.39 is 0 Å². The molecule has 0 saturated carbocycles. The molecule has 1 unspecified atom stereocenters. The van der Waals surface area contributed by atoms with Gasteiger partial charge in [-0.1, -0.05) is 6.92 Å². The topological polar surface area (TPSA) is 34.1 Å². The van der Waals surface area contributed by atoms with Crippen molar-refractivity contribution in [2.45, 2.75) is 19.4 Å². The molecule has 1 heterocycles. The summed E-state index contributed by atoms with van der Waals surface area (Å²) < 4.78 is 6.94. The van der Waals surface area contributed by atoms with Crippen LogP contribution in [0.4, 0.5) is 0 Å². The highest BCUT2D eigenvalue weighted by Crippen LogP contribution is 2.23. The largest absolute Gasteiger partial charge is 0.456 e. The number of ether oxygens (including phenoxy) is 1. The molecule has 0 aliphatic rings. The molecule has 0 saturated heterocycles. The Balaban J connectivity index is 2.08. The van der Waals surface area contributed by atoms with Gasteiger partial charge in [0.25, 0.3) is 0 Å². The van der Waals surface area contributed by atoms with Crippen LogP contribution in [-0.2, 0) is 0 Å².